The molecule has 96 valence electrons. The molecule has 1 N–H and O–H groups in total. The summed E-state index contributed by atoms with van der Waals surface area (Å²) in [5.41, 5.74) is 1.59. The predicted molar refractivity (Wildman–Crippen MR) is 84.7 cm³/mol. The summed E-state index contributed by atoms with van der Waals surface area (Å²) >= 11 is 8.38. The van der Waals surface area contributed by atoms with Crippen LogP contribution in [0.5, 0.6) is 0 Å². The van der Waals surface area contributed by atoms with Gasteiger partial charge in [-0.25, -0.2) is 9.37 Å². The van der Waals surface area contributed by atoms with E-state index in [1.165, 1.54) is 23.5 Å². The van der Waals surface area contributed by atoms with Gasteiger partial charge >= 0.3 is 0 Å². The van der Waals surface area contributed by atoms with Gasteiger partial charge in [0.25, 0.3) is 0 Å². The van der Waals surface area contributed by atoms with E-state index < -0.39 is 0 Å². The number of hydrogen-bond acceptors (Lipinski definition) is 3. The standard InChI is InChI=1S/C13H7Br2FN2S/c14-7-1-3-10(9(15)5-7)17-13-18-11-6-8(16)2-4-12(11)19-13/h1-6H,(H,17,18). The van der Waals surface area contributed by atoms with Gasteiger partial charge in [0.2, 0.25) is 0 Å². The Morgan fingerprint density at radius 1 is 1.11 bits per heavy atom. The molecule has 1 aromatic heterocycles. The van der Waals surface area contributed by atoms with Crippen molar-refractivity contribution in [2.75, 3.05) is 5.32 Å². The average molecular weight is 402 g/mol. The number of hydrogen-bond donors (Lipinski definition) is 1. The van der Waals surface area contributed by atoms with Crippen LogP contribution in [0.25, 0.3) is 10.2 Å². The van der Waals surface area contributed by atoms with Crippen LogP contribution in [-0.2, 0) is 0 Å². The van der Waals surface area contributed by atoms with Crippen LogP contribution >= 0.6 is 43.2 Å². The Morgan fingerprint density at radius 3 is 2.74 bits per heavy atom. The number of anilines is 2. The second kappa shape index (κ2) is 5.19. The minimum Gasteiger partial charge on any atom is -0.331 e. The summed E-state index contributed by atoms with van der Waals surface area (Å²) < 4.78 is 16.0. The molecule has 0 saturated heterocycles. The van der Waals surface area contributed by atoms with Crippen molar-refractivity contribution in [2.45, 2.75) is 0 Å². The second-order valence-corrected chi connectivity index (χ2v) is 6.68. The summed E-state index contributed by atoms with van der Waals surface area (Å²) in [7, 11) is 0. The highest BCUT2D eigenvalue weighted by Crippen LogP contribution is 2.32. The molecule has 2 aromatic carbocycles. The van der Waals surface area contributed by atoms with E-state index in [0.29, 0.717) is 5.52 Å². The average Bonchev–Trinajstić information content (AvgIpc) is 2.74. The molecule has 0 aliphatic rings. The van der Waals surface area contributed by atoms with Gasteiger partial charge in [-0.05, 0) is 46.3 Å². The highest BCUT2D eigenvalue weighted by molar-refractivity contribution is 9.11. The maximum absolute atomic E-state index is 13.1. The lowest BCUT2D eigenvalue weighted by Crippen LogP contribution is -1.90. The Hall–Kier alpha value is -0.980. The summed E-state index contributed by atoms with van der Waals surface area (Å²) in [4.78, 5) is 4.37. The number of rotatable bonds is 2. The Labute approximate surface area is 129 Å². The molecule has 0 amide bonds. The van der Waals surface area contributed by atoms with E-state index in [0.717, 1.165) is 24.5 Å². The molecule has 0 spiro atoms. The number of thiazole rings is 1. The van der Waals surface area contributed by atoms with Gasteiger partial charge in [0, 0.05) is 15.0 Å². The lowest BCUT2D eigenvalue weighted by atomic mass is 10.3. The van der Waals surface area contributed by atoms with Gasteiger partial charge in [-0.3, -0.25) is 0 Å². The van der Waals surface area contributed by atoms with Crippen LogP contribution in [0.2, 0.25) is 0 Å². The lowest BCUT2D eigenvalue weighted by Gasteiger charge is -2.05. The minimum absolute atomic E-state index is 0.269. The summed E-state index contributed by atoms with van der Waals surface area (Å²) in [5.74, 6) is -0.269. The fraction of sp³-hybridized carbons (Fsp3) is 0. The number of nitrogens with one attached hydrogen (secondary N) is 1. The normalized spacial score (nSPS) is 10.9. The SMILES string of the molecule is Fc1ccc2sc(Nc3ccc(Br)cc3Br)nc2c1. The molecule has 3 rings (SSSR count). The molecular formula is C13H7Br2FN2S. The van der Waals surface area contributed by atoms with Crippen LogP contribution in [0, 0.1) is 5.82 Å². The van der Waals surface area contributed by atoms with E-state index in [1.54, 1.807) is 6.07 Å². The van der Waals surface area contributed by atoms with Crippen LogP contribution in [0.4, 0.5) is 15.2 Å². The van der Waals surface area contributed by atoms with Crippen molar-refractivity contribution in [2.24, 2.45) is 0 Å². The maximum atomic E-state index is 13.1. The Morgan fingerprint density at radius 2 is 1.95 bits per heavy atom. The van der Waals surface area contributed by atoms with Gasteiger partial charge in [0.1, 0.15) is 5.82 Å². The second-order valence-electron chi connectivity index (χ2n) is 3.88. The quantitative estimate of drug-likeness (QED) is 0.595. The molecule has 0 bridgehead atoms. The Bertz CT molecular complexity index is 757. The smallest absolute Gasteiger partial charge is 0.188 e. The third-order valence-electron chi connectivity index (χ3n) is 2.52. The van der Waals surface area contributed by atoms with Gasteiger partial charge in [-0.2, -0.15) is 0 Å². The van der Waals surface area contributed by atoms with E-state index >= 15 is 0 Å². The van der Waals surface area contributed by atoms with Crippen LogP contribution in [-0.4, -0.2) is 4.98 Å². The molecule has 0 fully saturated rings. The first-order valence-electron chi connectivity index (χ1n) is 5.40. The van der Waals surface area contributed by atoms with E-state index in [9.17, 15) is 4.39 Å². The van der Waals surface area contributed by atoms with Crippen LogP contribution < -0.4 is 5.32 Å². The van der Waals surface area contributed by atoms with Crippen LogP contribution in [0.1, 0.15) is 0 Å². The molecule has 0 radical (unpaired) electrons. The molecule has 0 aliphatic carbocycles. The highest BCUT2D eigenvalue weighted by atomic mass is 79.9. The van der Waals surface area contributed by atoms with Crippen molar-refractivity contribution in [3.05, 3.63) is 51.2 Å². The first kappa shape index (κ1) is 13.0. The predicted octanol–water partition coefficient (Wildman–Crippen LogP) is 5.70. The Balaban J connectivity index is 1.96. The zero-order valence-electron chi connectivity index (χ0n) is 9.45. The summed E-state index contributed by atoms with van der Waals surface area (Å²) in [6.07, 6.45) is 0. The zero-order valence-corrected chi connectivity index (χ0v) is 13.4. The molecule has 2 nitrogen and oxygen atoms in total. The number of nitrogens with zero attached hydrogens (tertiary/aromatic N) is 1. The molecule has 0 unspecified atom stereocenters. The molecule has 6 heteroatoms. The topological polar surface area (TPSA) is 24.9 Å². The summed E-state index contributed by atoms with van der Waals surface area (Å²) in [5, 5.41) is 3.97. The molecule has 3 aromatic rings. The molecular weight excluding hydrogens is 395 g/mol. The number of benzene rings is 2. The fourth-order valence-electron chi connectivity index (χ4n) is 1.66. The van der Waals surface area contributed by atoms with Gasteiger partial charge in [0.05, 0.1) is 15.9 Å². The fourth-order valence-corrected chi connectivity index (χ4v) is 3.66. The summed E-state index contributed by atoms with van der Waals surface area (Å²) in [6.45, 7) is 0. The molecule has 0 atom stereocenters. The van der Waals surface area contributed by atoms with Crippen molar-refractivity contribution in [3.8, 4) is 0 Å². The molecule has 0 saturated carbocycles. The lowest BCUT2D eigenvalue weighted by molar-refractivity contribution is 0.629. The van der Waals surface area contributed by atoms with Crippen LogP contribution in [0.15, 0.2) is 45.3 Å². The highest BCUT2D eigenvalue weighted by Gasteiger charge is 2.07. The van der Waals surface area contributed by atoms with Gasteiger partial charge < -0.3 is 5.32 Å². The van der Waals surface area contributed by atoms with Crippen molar-refractivity contribution >= 4 is 64.2 Å². The first-order chi connectivity index (χ1) is 9.11. The van der Waals surface area contributed by atoms with E-state index in [2.05, 4.69) is 42.2 Å². The van der Waals surface area contributed by atoms with Crippen LogP contribution in [0.3, 0.4) is 0 Å². The van der Waals surface area contributed by atoms with Crippen molar-refractivity contribution < 1.29 is 4.39 Å². The monoisotopic (exact) mass is 400 g/mol. The van der Waals surface area contributed by atoms with Gasteiger partial charge in [-0.15, -0.1) is 0 Å². The molecule has 1 heterocycles. The van der Waals surface area contributed by atoms with E-state index in [4.69, 9.17) is 0 Å². The molecule has 19 heavy (non-hydrogen) atoms. The first-order valence-corrected chi connectivity index (χ1v) is 7.80. The number of aromatic nitrogens is 1. The third-order valence-corrected chi connectivity index (χ3v) is 4.62. The van der Waals surface area contributed by atoms with Crippen molar-refractivity contribution in [3.63, 3.8) is 0 Å². The third kappa shape index (κ3) is 2.80. The van der Waals surface area contributed by atoms with E-state index in [1.807, 2.05) is 18.2 Å². The minimum atomic E-state index is -0.269. The number of fused-ring (bicyclic) bond motifs is 1. The summed E-state index contributed by atoms with van der Waals surface area (Å²) in [6, 6.07) is 10.5. The van der Waals surface area contributed by atoms with E-state index in [-0.39, 0.29) is 5.82 Å². The van der Waals surface area contributed by atoms with Crippen molar-refractivity contribution in [1.82, 2.24) is 4.98 Å². The Kier molecular flexibility index (Phi) is 3.56. The van der Waals surface area contributed by atoms with Crippen molar-refractivity contribution in [1.29, 1.82) is 0 Å². The largest absolute Gasteiger partial charge is 0.331 e. The van der Waals surface area contributed by atoms with Gasteiger partial charge in [0.15, 0.2) is 5.13 Å². The zero-order chi connectivity index (χ0) is 13.4. The molecule has 0 aliphatic heterocycles. The maximum Gasteiger partial charge on any atom is 0.188 e. The van der Waals surface area contributed by atoms with Gasteiger partial charge in [-0.1, -0.05) is 27.3 Å². The number of halogens is 3.